The quantitative estimate of drug-likeness (QED) is 0.905. The van der Waals surface area contributed by atoms with Gasteiger partial charge in [0, 0.05) is 6.54 Å². The second-order valence-electron chi connectivity index (χ2n) is 4.95. The first-order chi connectivity index (χ1) is 8.90. The van der Waals surface area contributed by atoms with E-state index in [4.69, 9.17) is 14.7 Å². The standard InChI is InChI=1S/C14H18N2O3/c1-14(2,3)19-13(17)16-10-11-4-6-12(7-5-11)18-9-8-15/h4-7H,9-10H2,1-3H3,(H,16,17). The molecule has 5 heteroatoms. The molecule has 0 aromatic heterocycles. The zero-order valence-corrected chi connectivity index (χ0v) is 11.4. The van der Waals surface area contributed by atoms with E-state index in [-0.39, 0.29) is 6.61 Å². The van der Waals surface area contributed by atoms with Gasteiger partial charge in [-0.15, -0.1) is 0 Å². The summed E-state index contributed by atoms with van der Waals surface area (Å²) in [6, 6.07) is 9.05. The molecule has 0 saturated heterocycles. The van der Waals surface area contributed by atoms with Crippen molar-refractivity contribution in [2.24, 2.45) is 0 Å². The lowest BCUT2D eigenvalue weighted by atomic mass is 10.2. The van der Waals surface area contributed by atoms with Crippen LogP contribution < -0.4 is 10.1 Å². The van der Waals surface area contributed by atoms with E-state index in [0.717, 1.165) is 5.56 Å². The van der Waals surface area contributed by atoms with Gasteiger partial charge in [0.25, 0.3) is 0 Å². The smallest absolute Gasteiger partial charge is 0.407 e. The Kier molecular flexibility index (Phi) is 5.19. The van der Waals surface area contributed by atoms with Crippen LogP contribution in [0.25, 0.3) is 0 Å². The molecule has 102 valence electrons. The highest BCUT2D eigenvalue weighted by Gasteiger charge is 2.15. The lowest BCUT2D eigenvalue weighted by Crippen LogP contribution is -2.32. The van der Waals surface area contributed by atoms with E-state index in [0.29, 0.717) is 12.3 Å². The fraction of sp³-hybridized carbons (Fsp3) is 0.429. The van der Waals surface area contributed by atoms with E-state index < -0.39 is 11.7 Å². The number of nitrogens with one attached hydrogen (secondary N) is 1. The van der Waals surface area contributed by atoms with Gasteiger partial charge in [0.05, 0.1) is 0 Å². The van der Waals surface area contributed by atoms with E-state index >= 15 is 0 Å². The highest BCUT2D eigenvalue weighted by Crippen LogP contribution is 2.12. The maximum absolute atomic E-state index is 11.4. The third-order valence-corrected chi connectivity index (χ3v) is 2.06. The first-order valence-electron chi connectivity index (χ1n) is 5.96. The zero-order valence-electron chi connectivity index (χ0n) is 11.4. The van der Waals surface area contributed by atoms with E-state index in [1.807, 2.05) is 39.0 Å². The normalized spacial score (nSPS) is 10.4. The summed E-state index contributed by atoms with van der Waals surface area (Å²) in [5.74, 6) is 0.627. The second-order valence-corrected chi connectivity index (χ2v) is 4.95. The van der Waals surface area contributed by atoms with Crippen molar-refractivity contribution in [3.63, 3.8) is 0 Å². The van der Waals surface area contributed by atoms with Crippen molar-refractivity contribution in [1.29, 1.82) is 5.26 Å². The molecule has 0 bridgehead atoms. The summed E-state index contributed by atoms with van der Waals surface area (Å²) in [4.78, 5) is 11.4. The maximum atomic E-state index is 11.4. The van der Waals surface area contributed by atoms with Crippen molar-refractivity contribution in [3.8, 4) is 11.8 Å². The molecule has 5 nitrogen and oxygen atoms in total. The summed E-state index contributed by atoms with van der Waals surface area (Å²) in [6.45, 7) is 5.85. The van der Waals surface area contributed by atoms with Crippen LogP contribution in [0.5, 0.6) is 5.75 Å². The molecule has 0 atom stereocenters. The van der Waals surface area contributed by atoms with Crippen LogP contribution in [0.4, 0.5) is 4.79 Å². The molecule has 0 radical (unpaired) electrons. The first kappa shape index (κ1) is 14.8. The maximum Gasteiger partial charge on any atom is 0.407 e. The molecule has 1 rings (SSSR count). The number of nitrogens with zero attached hydrogens (tertiary/aromatic N) is 1. The third kappa shape index (κ3) is 6.32. The number of hydrogen-bond donors (Lipinski definition) is 1. The summed E-state index contributed by atoms with van der Waals surface area (Å²) in [7, 11) is 0. The van der Waals surface area contributed by atoms with Crippen molar-refractivity contribution in [3.05, 3.63) is 29.8 Å². The largest absolute Gasteiger partial charge is 0.479 e. The summed E-state index contributed by atoms with van der Waals surface area (Å²) >= 11 is 0. The second kappa shape index (κ2) is 6.64. The molecular weight excluding hydrogens is 244 g/mol. The number of carbonyl (C=O) groups is 1. The highest BCUT2D eigenvalue weighted by atomic mass is 16.6. The number of benzene rings is 1. The number of amides is 1. The minimum atomic E-state index is -0.501. The van der Waals surface area contributed by atoms with Crippen LogP contribution in [0, 0.1) is 11.3 Å². The zero-order chi connectivity index (χ0) is 14.3. The van der Waals surface area contributed by atoms with E-state index in [2.05, 4.69) is 5.32 Å². The van der Waals surface area contributed by atoms with Gasteiger partial charge in [0.2, 0.25) is 0 Å². The van der Waals surface area contributed by atoms with Crippen LogP contribution in [0.2, 0.25) is 0 Å². The minimum Gasteiger partial charge on any atom is -0.479 e. The Morgan fingerprint density at radius 2 is 1.95 bits per heavy atom. The Labute approximate surface area is 113 Å². The van der Waals surface area contributed by atoms with Gasteiger partial charge in [-0.2, -0.15) is 5.26 Å². The summed E-state index contributed by atoms with van der Waals surface area (Å²) < 4.78 is 10.3. The van der Waals surface area contributed by atoms with Gasteiger partial charge < -0.3 is 14.8 Å². The van der Waals surface area contributed by atoms with Gasteiger partial charge in [-0.05, 0) is 38.5 Å². The Bertz CT molecular complexity index is 455. The predicted molar refractivity (Wildman–Crippen MR) is 70.6 cm³/mol. The molecule has 0 aliphatic rings. The van der Waals surface area contributed by atoms with Gasteiger partial charge in [-0.25, -0.2) is 4.79 Å². The third-order valence-electron chi connectivity index (χ3n) is 2.06. The molecule has 1 aromatic carbocycles. The lowest BCUT2D eigenvalue weighted by Gasteiger charge is -2.19. The molecule has 1 amide bonds. The van der Waals surface area contributed by atoms with E-state index in [1.165, 1.54) is 0 Å². The molecule has 19 heavy (non-hydrogen) atoms. The first-order valence-corrected chi connectivity index (χ1v) is 5.96. The van der Waals surface area contributed by atoms with Crippen LogP contribution in [0.1, 0.15) is 26.3 Å². The summed E-state index contributed by atoms with van der Waals surface area (Å²) in [6.07, 6.45) is -0.447. The molecule has 0 aliphatic heterocycles. The average molecular weight is 262 g/mol. The summed E-state index contributed by atoms with van der Waals surface area (Å²) in [5, 5.41) is 11.0. The monoisotopic (exact) mass is 262 g/mol. The number of nitriles is 1. The van der Waals surface area contributed by atoms with Crippen LogP contribution in [-0.2, 0) is 11.3 Å². The Morgan fingerprint density at radius 1 is 1.32 bits per heavy atom. The number of alkyl carbamates (subject to hydrolysis) is 1. The van der Waals surface area contributed by atoms with Crippen LogP contribution in [-0.4, -0.2) is 18.3 Å². The Morgan fingerprint density at radius 3 is 2.47 bits per heavy atom. The van der Waals surface area contributed by atoms with Crippen molar-refractivity contribution < 1.29 is 14.3 Å². The molecule has 0 spiro atoms. The van der Waals surface area contributed by atoms with Gasteiger partial charge in [-0.1, -0.05) is 12.1 Å². The SMILES string of the molecule is CC(C)(C)OC(=O)NCc1ccc(OCC#N)cc1. The van der Waals surface area contributed by atoms with Gasteiger partial charge in [0.15, 0.2) is 6.61 Å². The van der Waals surface area contributed by atoms with Gasteiger partial charge in [-0.3, -0.25) is 0 Å². The summed E-state index contributed by atoms with van der Waals surface area (Å²) in [5.41, 5.74) is 0.425. The molecule has 0 fully saturated rings. The number of hydrogen-bond acceptors (Lipinski definition) is 4. The molecule has 1 N–H and O–H groups in total. The van der Waals surface area contributed by atoms with Crippen LogP contribution in [0.3, 0.4) is 0 Å². The van der Waals surface area contributed by atoms with Crippen molar-refractivity contribution >= 4 is 6.09 Å². The van der Waals surface area contributed by atoms with E-state index in [9.17, 15) is 4.79 Å². The van der Waals surface area contributed by atoms with Gasteiger partial charge >= 0.3 is 6.09 Å². The molecule has 0 saturated carbocycles. The van der Waals surface area contributed by atoms with Crippen LogP contribution in [0.15, 0.2) is 24.3 Å². The Balaban J connectivity index is 2.42. The lowest BCUT2D eigenvalue weighted by molar-refractivity contribution is 0.0523. The van der Waals surface area contributed by atoms with Gasteiger partial charge in [0.1, 0.15) is 17.4 Å². The predicted octanol–water partition coefficient (Wildman–Crippen LogP) is 2.61. The fourth-order valence-electron chi connectivity index (χ4n) is 1.31. The van der Waals surface area contributed by atoms with Crippen molar-refractivity contribution in [1.82, 2.24) is 5.32 Å². The molecule has 0 unspecified atom stereocenters. The number of ether oxygens (including phenoxy) is 2. The van der Waals surface area contributed by atoms with Crippen molar-refractivity contribution in [2.45, 2.75) is 32.9 Å². The Hall–Kier alpha value is -2.22. The topological polar surface area (TPSA) is 71.3 Å². The molecular formula is C14H18N2O3. The molecule has 0 heterocycles. The minimum absolute atomic E-state index is 0.0233. The fourth-order valence-corrected chi connectivity index (χ4v) is 1.31. The molecule has 0 aliphatic carbocycles. The number of carbonyl (C=O) groups excluding carboxylic acids is 1. The van der Waals surface area contributed by atoms with E-state index in [1.54, 1.807) is 12.1 Å². The van der Waals surface area contributed by atoms with Crippen LogP contribution >= 0.6 is 0 Å². The molecule has 1 aromatic rings. The number of rotatable bonds is 4. The highest BCUT2D eigenvalue weighted by molar-refractivity contribution is 5.67. The average Bonchev–Trinajstić information content (AvgIpc) is 2.33. The van der Waals surface area contributed by atoms with Crippen molar-refractivity contribution in [2.75, 3.05) is 6.61 Å².